The zero-order chi connectivity index (χ0) is 14.3. The summed E-state index contributed by atoms with van der Waals surface area (Å²) in [5.74, 6) is -0.478. The van der Waals surface area contributed by atoms with Crippen LogP contribution < -0.4 is 0 Å². The molecule has 0 spiro atoms. The van der Waals surface area contributed by atoms with Crippen molar-refractivity contribution in [1.29, 1.82) is 0 Å². The van der Waals surface area contributed by atoms with Crippen LogP contribution in [0.4, 0.5) is 0 Å². The molecule has 1 saturated carbocycles. The number of carboxylic acids is 1. The maximum atomic E-state index is 11.8. The molecule has 110 valence electrons. The smallest absolute Gasteiger partial charge is 0.329 e. The summed E-state index contributed by atoms with van der Waals surface area (Å²) in [7, 11) is 1.76. The van der Waals surface area contributed by atoms with Crippen molar-refractivity contribution in [3.63, 3.8) is 0 Å². The maximum absolute atomic E-state index is 11.8. The van der Waals surface area contributed by atoms with Gasteiger partial charge in [-0.25, -0.2) is 4.79 Å². The second kappa shape index (κ2) is 8.15. The molecule has 1 amide bonds. The second-order valence-electron chi connectivity index (χ2n) is 5.48. The number of carboxylic acid groups (broad SMARTS) is 1. The van der Waals surface area contributed by atoms with Crippen LogP contribution in [0.2, 0.25) is 0 Å². The second-order valence-corrected chi connectivity index (χ2v) is 5.48. The number of carbonyl (C=O) groups excluding carboxylic acids is 1. The average molecular weight is 271 g/mol. The van der Waals surface area contributed by atoms with Gasteiger partial charge in [0.2, 0.25) is 5.91 Å². The van der Waals surface area contributed by atoms with Crippen LogP contribution in [0.3, 0.4) is 0 Å². The summed E-state index contributed by atoms with van der Waals surface area (Å²) in [6.45, 7) is 1.47. The van der Waals surface area contributed by atoms with E-state index in [1.165, 1.54) is 32.1 Å². The quantitative estimate of drug-likeness (QED) is 0.768. The van der Waals surface area contributed by atoms with Gasteiger partial charge in [0.1, 0.15) is 13.2 Å². The Morgan fingerprint density at radius 1 is 1.26 bits per heavy atom. The Kier molecular flexibility index (Phi) is 6.84. The zero-order valence-corrected chi connectivity index (χ0v) is 11.9. The molecular formula is C14H25NO4. The van der Waals surface area contributed by atoms with Crippen LogP contribution in [0.15, 0.2) is 0 Å². The zero-order valence-electron chi connectivity index (χ0n) is 11.9. The SMILES string of the molecule is C[C@H](CC1CCCCC1)N(C)C(=O)COCC(=O)O. The Hall–Kier alpha value is -1.10. The van der Waals surface area contributed by atoms with Gasteiger partial charge in [0.05, 0.1) is 0 Å². The molecule has 0 aromatic heterocycles. The predicted molar refractivity (Wildman–Crippen MR) is 71.9 cm³/mol. The third-order valence-electron chi connectivity index (χ3n) is 3.90. The first kappa shape index (κ1) is 16.0. The van der Waals surface area contributed by atoms with Crippen LogP contribution in [0.1, 0.15) is 45.4 Å². The van der Waals surface area contributed by atoms with Crippen LogP contribution >= 0.6 is 0 Å². The van der Waals surface area contributed by atoms with E-state index in [9.17, 15) is 9.59 Å². The molecule has 1 aliphatic carbocycles. The van der Waals surface area contributed by atoms with E-state index < -0.39 is 12.6 Å². The van der Waals surface area contributed by atoms with Crippen molar-refractivity contribution in [3.05, 3.63) is 0 Å². The van der Waals surface area contributed by atoms with Crippen molar-refractivity contribution < 1.29 is 19.4 Å². The molecule has 0 heterocycles. The minimum atomic E-state index is -1.05. The molecule has 0 bridgehead atoms. The van der Waals surface area contributed by atoms with E-state index in [1.807, 2.05) is 6.92 Å². The highest BCUT2D eigenvalue weighted by molar-refractivity contribution is 5.78. The first-order valence-electron chi connectivity index (χ1n) is 7.06. The number of rotatable bonds is 7. The lowest BCUT2D eigenvalue weighted by Gasteiger charge is -2.30. The number of hydrogen-bond donors (Lipinski definition) is 1. The normalized spacial score (nSPS) is 18.0. The van der Waals surface area contributed by atoms with Gasteiger partial charge in [-0.3, -0.25) is 4.79 Å². The highest BCUT2D eigenvalue weighted by Crippen LogP contribution is 2.28. The van der Waals surface area contributed by atoms with E-state index in [2.05, 4.69) is 0 Å². The van der Waals surface area contributed by atoms with Gasteiger partial charge in [0.25, 0.3) is 0 Å². The van der Waals surface area contributed by atoms with Crippen molar-refractivity contribution in [2.45, 2.75) is 51.5 Å². The number of carbonyl (C=O) groups is 2. The minimum absolute atomic E-state index is 0.149. The van der Waals surface area contributed by atoms with E-state index in [1.54, 1.807) is 11.9 Å². The van der Waals surface area contributed by atoms with Gasteiger partial charge >= 0.3 is 5.97 Å². The molecule has 5 heteroatoms. The van der Waals surface area contributed by atoms with Crippen LogP contribution in [0.25, 0.3) is 0 Å². The van der Waals surface area contributed by atoms with E-state index in [0.717, 1.165) is 12.3 Å². The molecule has 0 aromatic rings. The Morgan fingerprint density at radius 2 is 1.89 bits per heavy atom. The van der Waals surface area contributed by atoms with Crippen molar-refractivity contribution in [2.24, 2.45) is 5.92 Å². The summed E-state index contributed by atoms with van der Waals surface area (Å²) in [5, 5.41) is 8.44. The highest BCUT2D eigenvalue weighted by Gasteiger charge is 2.21. The van der Waals surface area contributed by atoms with Crippen molar-refractivity contribution >= 4 is 11.9 Å². The van der Waals surface area contributed by atoms with Crippen LogP contribution in [0.5, 0.6) is 0 Å². The predicted octanol–water partition coefficient (Wildman–Crippen LogP) is 1.90. The van der Waals surface area contributed by atoms with Crippen LogP contribution in [0, 0.1) is 5.92 Å². The molecule has 0 aromatic carbocycles. The molecule has 0 saturated heterocycles. The van der Waals surface area contributed by atoms with Crippen LogP contribution in [-0.2, 0) is 14.3 Å². The number of nitrogens with zero attached hydrogens (tertiary/aromatic N) is 1. The fourth-order valence-electron chi connectivity index (χ4n) is 2.64. The Labute approximate surface area is 114 Å². The van der Waals surface area contributed by atoms with E-state index in [4.69, 9.17) is 9.84 Å². The van der Waals surface area contributed by atoms with Gasteiger partial charge in [0.15, 0.2) is 0 Å². The third-order valence-corrected chi connectivity index (χ3v) is 3.90. The topological polar surface area (TPSA) is 66.8 Å². The standard InChI is InChI=1S/C14H25NO4/c1-11(8-12-6-4-3-5-7-12)15(2)13(16)9-19-10-14(17)18/h11-12H,3-10H2,1-2H3,(H,17,18)/t11-/m1/s1. The molecule has 1 atom stereocenters. The first-order valence-corrected chi connectivity index (χ1v) is 7.06. The first-order chi connectivity index (χ1) is 9.00. The van der Waals surface area contributed by atoms with Gasteiger partial charge in [-0.15, -0.1) is 0 Å². The largest absolute Gasteiger partial charge is 0.480 e. The molecule has 0 radical (unpaired) electrons. The summed E-state index contributed by atoms with van der Waals surface area (Å²) >= 11 is 0. The molecule has 1 N–H and O–H groups in total. The minimum Gasteiger partial charge on any atom is -0.480 e. The van der Waals surface area contributed by atoms with Gasteiger partial charge in [-0.05, 0) is 19.3 Å². The number of aliphatic carboxylic acids is 1. The summed E-state index contributed by atoms with van der Waals surface area (Å²) in [5.41, 5.74) is 0. The number of likely N-dealkylation sites (N-methyl/N-ethyl adjacent to an activating group) is 1. The Morgan fingerprint density at radius 3 is 2.47 bits per heavy atom. The van der Waals surface area contributed by atoms with Gasteiger partial charge in [-0.1, -0.05) is 32.1 Å². The fraction of sp³-hybridized carbons (Fsp3) is 0.857. The van der Waals surface area contributed by atoms with E-state index in [-0.39, 0.29) is 18.6 Å². The molecule has 0 unspecified atom stereocenters. The maximum Gasteiger partial charge on any atom is 0.329 e. The van der Waals surface area contributed by atoms with Crippen LogP contribution in [-0.4, -0.2) is 48.2 Å². The third kappa shape index (κ3) is 6.05. The van der Waals surface area contributed by atoms with Gasteiger partial charge in [0, 0.05) is 13.1 Å². The fourth-order valence-corrected chi connectivity index (χ4v) is 2.64. The molecule has 19 heavy (non-hydrogen) atoms. The summed E-state index contributed by atoms with van der Waals surface area (Å²) in [4.78, 5) is 23.8. The molecule has 1 rings (SSSR count). The van der Waals surface area contributed by atoms with Gasteiger partial charge in [-0.2, -0.15) is 0 Å². The molecule has 1 aliphatic rings. The summed E-state index contributed by atoms with van der Waals surface area (Å²) in [6, 6.07) is 0.184. The average Bonchev–Trinajstić information content (AvgIpc) is 2.38. The lowest BCUT2D eigenvalue weighted by Crippen LogP contribution is -2.39. The van der Waals surface area contributed by atoms with Crippen molar-refractivity contribution in [3.8, 4) is 0 Å². The molecule has 0 aliphatic heterocycles. The lowest BCUT2D eigenvalue weighted by atomic mass is 9.85. The summed E-state index contributed by atoms with van der Waals surface area (Å²) in [6.07, 6.45) is 7.50. The van der Waals surface area contributed by atoms with Gasteiger partial charge < -0.3 is 14.7 Å². The highest BCUT2D eigenvalue weighted by atomic mass is 16.5. The summed E-state index contributed by atoms with van der Waals surface area (Å²) < 4.78 is 4.83. The number of ether oxygens (including phenoxy) is 1. The molecule has 5 nitrogen and oxygen atoms in total. The lowest BCUT2D eigenvalue weighted by molar-refractivity contribution is -0.146. The van der Waals surface area contributed by atoms with E-state index >= 15 is 0 Å². The van der Waals surface area contributed by atoms with Crippen molar-refractivity contribution in [2.75, 3.05) is 20.3 Å². The molecular weight excluding hydrogens is 246 g/mol. The Bertz CT molecular complexity index is 300. The van der Waals surface area contributed by atoms with E-state index in [0.29, 0.717) is 0 Å². The van der Waals surface area contributed by atoms with Crippen molar-refractivity contribution in [1.82, 2.24) is 4.90 Å². The number of amides is 1. The molecule has 1 fully saturated rings. The monoisotopic (exact) mass is 271 g/mol. The Balaban J connectivity index is 2.27. The number of hydrogen-bond acceptors (Lipinski definition) is 3.